The molecule has 0 spiro atoms. The summed E-state index contributed by atoms with van der Waals surface area (Å²) in [4.78, 5) is 0. The van der Waals surface area contributed by atoms with Crippen molar-refractivity contribution < 1.29 is 0 Å². The van der Waals surface area contributed by atoms with Crippen LogP contribution in [-0.4, -0.2) is 4.57 Å². The first-order chi connectivity index (χ1) is 19.3. The quantitative estimate of drug-likeness (QED) is 0.183. The minimum Gasteiger partial charge on any atom is -0.309 e. The molecule has 0 unspecified atom stereocenters. The lowest BCUT2D eigenvalue weighted by Crippen LogP contribution is -2.30. The number of rotatable bonds is 5. The third-order valence-electron chi connectivity index (χ3n) is 7.81. The topological polar surface area (TPSA) is 4.93 Å². The molecule has 7 aromatic rings. The van der Waals surface area contributed by atoms with Gasteiger partial charge in [-0.2, -0.15) is 0 Å². The van der Waals surface area contributed by atoms with Crippen LogP contribution in [0.25, 0.3) is 27.5 Å². The minimum atomic E-state index is -0.473. The van der Waals surface area contributed by atoms with Crippen molar-refractivity contribution in [2.45, 2.75) is 5.41 Å². The van der Waals surface area contributed by atoms with Gasteiger partial charge in [0.05, 0.1) is 16.4 Å². The Labute approximate surface area is 237 Å². The lowest BCUT2D eigenvalue weighted by atomic mass is 9.65. The number of para-hydroxylation sites is 1. The molecule has 1 nitrogen and oxygen atoms in total. The minimum absolute atomic E-state index is 0.473. The van der Waals surface area contributed by atoms with Gasteiger partial charge >= 0.3 is 0 Å². The second kappa shape index (κ2) is 9.72. The molecule has 2 heteroatoms. The molecular weight excluding hydrogens is 538 g/mol. The molecule has 7 rings (SSSR count). The summed E-state index contributed by atoms with van der Waals surface area (Å²) in [7, 11) is 0. The molecule has 0 saturated heterocycles. The molecular formula is C37H26BrN. The number of hydrogen-bond acceptors (Lipinski definition) is 0. The Hall–Kier alpha value is -4.40. The fraction of sp³-hybridized carbons (Fsp3) is 0.0270. The van der Waals surface area contributed by atoms with Crippen molar-refractivity contribution in [3.8, 4) is 5.69 Å². The van der Waals surface area contributed by atoms with E-state index in [1.807, 2.05) is 0 Å². The van der Waals surface area contributed by atoms with Crippen molar-refractivity contribution in [3.05, 3.63) is 184 Å². The number of benzene rings is 6. The van der Waals surface area contributed by atoms with Crippen LogP contribution in [0.4, 0.5) is 0 Å². The second-order valence-electron chi connectivity index (χ2n) is 9.91. The number of halogens is 1. The number of nitrogens with zero attached hydrogens (tertiary/aromatic N) is 1. The number of aromatic nitrogens is 1. The van der Waals surface area contributed by atoms with Crippen LogP contribution >= 0.6 is 15.9 Å². The molecule has 0 bridgehead atoms. The highest BCUT2D eigenvalue weighted by atomic mass is 79.9. The summed E-state index contributed by atoms with van der Waals surface area (Å²) >= 11 is 3.60. The lowest BCUT2D eigenvalue weighted by molar-refractivity contribution is 0.746. The van der Waals surface area contributed by atoms with Crippen LogP contribution in [0.2, 0.25) is 0 Å². The predicted octanol–water partition coefficient (Wildman–Crippen LogP) is 9.93. The Morgan fingerprint density at radius 2 is 0.897 bits per heavy atom. The van der Waals surface area contributed by atoms with E-state index in [0.29, 0.717) is 0 Å². The zero-order valence-electron chi connectivity index (χ0n) is 21.3. The van der Waals surface area contributed by atoms with Crippen molar-refractivity contribution in [2.24, 2.45) is 0 Å². The maximum atomic E-state index is 3.60. The summed E-state index contributed by atoms with van der Waals surface area (Å²) in [5.74, 6) is 0. The highest BCUT2D eigenvalue weighted by molar-refractivity contribution is 9.10. The van der Waals surface area contributed by atoms with Gasteiger partial charge in [0.1, 0.15) is 0 Å². The van der Waals surface area contributed by atoms with E-state index in [9.17, 15) is 0 Å². The fourth-order valence-corrected chi connectivity index (χ4v) is 6.40. The van der Waals surface area contributed by atoms with E-state index in [1.165, 1.54) is 44.1 Å². The SMILES string of the molecule is Brc1ccc(-n2c3ccccc3c3cc(C(c4ccccc4)(c4ccccc4)c4ccccc4)ccc32)cc1. The van der Waals surface area contributed by atoms with Gasteiger partial charge in [0, 0.05) is 20.9 Å². The normalized spacial score (nSPS) is 11.7. The van der Waals surface area contributed by atoms with E-state index >= 15 is 0 Å². The Bertz CT molecular complexity index is 1790. The van der Waals surface area contributed by atoms with Crippen LogP contribution in [-0.2, 0) is 5.41 Å². The van der Waals surface area contributed by atoms with Gasteiger partial charge in [-0.3, -0.25) is 0 Å². The van der Waals surface area contributed by atoms with E-state index < -0.39 is 5.41 Å². The van der Waals surface area contributed by atoms with Gasteiger partial charge in [-0.05, 0) is 64.7 Å². The van der Waals surface area contributed by atoms with Gasteiger partial charge in [-0.15, -0.1) is 0 Å². The summed E-state index contributed by atoms with van der Waals surface area (Å²) in [6.07, 6.45) is 0. The summed E-state index contributed by atoms with van der Waals surface area (Å²) in [6.45, 7) is 0. The monoisotopic (exact) mass is 563 g/mol. The average Bonchev–Trinajstić information content (AvgIpc) is 3.34. The van der Waals surface area contributed by atoms with E-state index in [0.717, 1.165) is 10.2 Å². The van der Waals surface area contributed by atoms with Crippen molar-refractivity contribution >= 4 is 37.7 Å². The second-order valence-corrected chi connectivity index (χ2v) is 10.8. The molecule has 0 N–H and O–H groups in total. The van der Waals surface area contributed by atoms with E-state index in [2.05, 4.69) is 178 Å². The molecule has 0 fully saturated rings. The largest absolute Gasteiger partial charge is 0.309 e. The molecule has 0 aliphatic rings. The van der Waals surface area contributed by atoms with Gasteiger partial charge in [0.25, 0.3) is 0 Å². The molecule has 39 heavy (non-hydrogen) atoms. The van der Waals surface area contributed by atoms with Gasteiger partial charge in [0.2, 0.25) is 0 Å². The molecule has 0 aliphatic heterocycles. The Morgan fingerprint density at radius 1 is 0.410 bits per heavy atom. The smallest absolute Gasteiger partial charge is 0.0701 e. The highest BCUT2D eigenvalue weighted by Crippen LogP contribution is 2.46. The molecule has 6 aromatic carbocycles. The van der Waals surface area contributed by atoms with Crippen LogP contribution in [0, 0.1) is 0 Å². The maximum absolute atomic E-state index is 3.60. The first kappa shape index (κ1) is 23.7. The Morgan fingerprint density at radius 3 is 1.46 bits per heavy atom. The summed E-state index contributed by atoms with van der Waals surface area (Å²) in [5, 5.41) is 2.50. The molecule has 0 saturated carbocycles. The van der Waals surface area contributed by atoms with Crippen LogP contribution in [0.1, 0.15) is 22.3 Å². The van der Waals surface area contributed by atoms with Gasteiger partial charge in [-0.25, -0.2) is 0 Å². The van der Waals surface area contributed by atoms with E-state index in [-0.39, 0.29) is 0 Å². The molecule has 0 aliphatic carbocycles. The van der Waals surface area contributed by atoms with E-state index in [4.69, 9.17) is 0 Å². The lowest BCUT2D eigenvalue weighted by Gasteiger charge is -2.37. The standard InChI is InChI=1S/C37H26BrN/c38-31-21-23-32(24-22-31)39-35-19-11-10-18-33(35)34-26-30(20-25-36(34)39)37(27-12-4-1-5-13-27,28-14-6-2-7-15-28)29-16-8-3-9-17-29/h1-26H. The van der Waals surface area contributed by atoms with Crippen LogP contribution in [0.3, 0.4) is 0 Å². The highest BCUT2D eigenvalue weighted by Gasteiger charge is 2.38. The fourth-order valence-electron chi connectivity index (χ4n) is 6.14. The first-order valence-corrected chi connectivity index (χ1v) is 14.0. The molecule has 1 aromatic heterocycles. The Balaban J connectivity index is 1.59. The third kappa shape index (κ3) is 3.83. The van der Waals surface area contributed by atoms with Crippen LogP contribution < -0.4 is 0 Å². The third-order valence-corrected chi connectivity index (χ3v) is 8.34. The van der Waals surface area contributed by atoms with Gasteiger partial charge in [-0.1, -0.05) is 131 Å². The zero-order valence-corrected chi connectivity index (χ0v) is 22.9. The van der Waals surface area contributed by atoms with Crippen LogP contribution in [0.5, 0.6) is 0 Å². The number of hydrogen-bond donors (Lipinski definition) is 0. The molecule has 0 amide bonds. The predicted molar refractivity (Wildman–Crippen MR) is 167 cm³/mol. The van der Waals surface area contributed by atoms with Crippen LogP contribution in [0.15, 0.2) is 162 Å². The van der Waals surface area contributed by atoms with Crippen molar-refractivity contribution in [2.75, 3.05) is 0 Å². The van der Waals surface area contributed by atoms with Crippen molar-refractivity contribution in [1.29, 1.82) is 0 Å². The average molecular weight is 565 g/mol. The first-order valence-electron chi connectivity index (χ1n) is 13.2. The molecule has 0 radical (unpaired) electrons. The summed E-state index contributed by atoms with van der Waals surface area (Å²) in [6, 6.07) is 57.0. The summed E-state index contributed by atoms with van der Waals surface area (Å²) in [5.41, 5.74) is 8.07. The van der Waals surface area contributed by atoms with Crippen molar-refractivity contribution in [3.63, 3.8) is 0 Å². The molecule has 186 valence electrons. The van der Waals surface area contributed by atoms with Crippen molar-refractivity contribution in [1.82, 2.24) is 4.57 Å². The zero-order chi connectivity index (χ0) is 26.2. The Kier molecular flexibility index (Phi) is 5.91. The maximum Gasteiger partial charge on any atom is 0.0701 e. The molecule has 0 atom stereocenters. The van der Waals surface area contributed by atoms with Gasteiger partial charge in [0.15, 0.2) is 0 Å². The molecule has 1 heterocycles. The number of fused-ring (bicyclic) bond motifs is 3. The van der Waals surface area contributed by atoms with Gasteiger partial charge < -0.3 is 4.57 Å². The van der Waals surface area contributed by atoms with E-state index in [1.54, 1.807) is 0 Å². The summed E-state index contributed by atoms with van der Waals surface area (Å²) < 4.78 is 3.45.